The molecule has 8 heteroatoms. The van der Waals surface area contributed by atoms with E-state index in [0.717, 1.165) is 28.7 Å². The second-order valence-corrected chi connectivity index (χ2v) is 12.7. The van der Waals surface area contributed by atoms with Gasteiger partial charge in [-0.1, -0.05) is 66.6 Å². The average Bonchev–Trinajstić information content (AvgIpc) is 3.62. The number of aromatic hydroxyl groups is 1. The van der Waals surface area contributed by atoms with Crippen LogP contribution in [0.15, 0.2) is 66.7 Å². The van der Waals surface area contributed by atoms with Crippen LogP contribution in [-0.2, 0) is 20.7 Å². The maximum Gasteiger partial charge on any atom is 0.408 e. The average molecular weight is 586 g/mol. The van der Waals surface area contributed by atoms with Crippen molar-refractivity contribution in [1.29, 1.82) is 0 Å². The number of carbonyl (C=O) groups is 3. The van der Waals surface area contributed by atoms with Gasteiger partial charge in [0.05, 0.1) is 0 Å². The van der Waals surface area contributed by atoms with E-state index < -0.39 is 23.8 Å². The van der Waals surface area contributed by atoms with Crippen LogP contribution in [0.1, 0.15) is 68.0 Å². The summed E-state index contributed by atoms with van der Waals surface area (Å²) in [5, 5.41) is 15.7. The maximum absolute atomic E-state index is 14.7. The topological polar surface area (TPSA) is 108 Å². The van der Waals surface area contributed by atoms with Crippen LogP contribution in [0, 0.1) is 26.7 Å². The number of carbonyl (C=O) groups excluding carboxylic acids is 3. The highest BCUT2D eigenvalue weighted by atomic mass is 16.6. The molecule has 8 nitrogen and oxygen atoms in total. The van der Waals surface area contributed by atoms with Crippen molar-refractivity contribution in [1.82, 2.24) is 10.2 Å². The van der Waals surface area contributed by atoms with E-state index in [1.807, 2.05) is 63.2 Å². The lowest BCUT2D eigenvalue weighted by atomic mass is 9.97. The van der Waals surface area contributed by atoms with Gasteiger partial charge in [0.25, 0.3) is 5.91 Å². The Bertz CT molecular complexity index is 1460. The van der Waals surface area contributed by atoms with Crippen LogP contribution < -0.4 is 10.6 Å². The van der Waals surface area contributed by atoms with Gasteiger partial charge in [0.15, 0.2) is 0 Å². The number of ether oxygens (including phenoxy) is 1. The Labute approximate surface area is 254 Å². The summed E-state index contributed by atoms with van der Waals surface area (Å²) in [5.74, 6) is -0.424. The van der Waals surface area contributed by atoms with E-state index >= 15 is 0 Å². The van der Waals surface area contributed by atoms with Crippen molar-refractivity contribution < 1.29 is 24.2 Å². The van der Waals surface area contributed by atoms with Crippen molar-refractivity contribution in [2.45, 2.75) is 85.0 Å². The normalized spacial score (nSPS) is 17.4. The molecule has 228 valence electrons. The molecule has 0 bridgehead atoms. The van der Waals surface area contributed by atoms with Gasteiger partial charge in [0, 0.05) is 18.2 Å². The van der Waals surface area contributed by atoms with Gasteiger partial charge in [-0.3, -0.25) is 9.59 Å². The quantitative estimate of drug-likeness (QED) is 0.271. The van der Waals surface area contributed by atoms with E-state index in [9.17, 15) is 19.5 Å². The fourth-order valence-corrected chi connectivity index (χ4v) is 5.39. The second kappa shape index (κ2) is 12.9. The van der Waals surface area contributed by atoms with E-state index in [-0.39, 0.29) is 35.9 Å². The van der Waals surface area contributed by atoms with E-state index in [0.29, 0.717) is 11.3 Å². The van der Waals surface area contributed by atoms with Crippen LogP contribution in [0.2, 0.25) is 0 Å². The number of nitrogens with zero attached hydrogens (tertiary/aromatic N) is 1. The second-order valence-electron chi connectivity index (χ2n) is 12.7. The number of rotatable bonds is 9. The number of phenolic OH excluding ortho intramolecular Hbond substituents is 1. The standard InChI is InChI=1S/C35H43N3O5/c1-21-16-22(2)18-26(17-21)31(32(40)36-28-11-9-8-10-23(28)3)38(30-19-24(30)4)33(41)29(37-34(42)43-35(5,6)7)20-25-12-14-27(39)15-13-25/h8-18,24,29-31,39H,19-20H2,1-7H3,(H,36,40)(H,37,42). The first kappa shape index (κ1) is 31.6. The Morgan fingerprint density at radius 2 is 1.58 bits per heavy atom. The summed E-state index contributed by atoms with van der Waals surface area (Å²) in [7, 11) is 0. The zero-order valence-electron chi connectivity index (χ0n) is 26.1. The molecular formula is C35H43N3O5. The zero-order valence-corrected chi connectivity index (χ0v) is 26.1. The van der Waals surface area contributed by atoms with Crippen molar-refractivity contribution >= 4 is 23.6 Å². The van der Waals surface area contributed by atoms with Gasteiger partial charge in [-0.15, -0.1) is 0 Å². The number of hydrogen-bond acceptors (Lipinski definition) is 5. The molecule has 1 fully saturated rings. The fraction of sp³-hybridized carbons (Fsp3) is 0.400. The van der Waals surface area contributed by atoms with Crippen molar-refractivity contribution in [2.75, 3.05) is 5.32 Å². The number of para-hydroxylation sites is 1. The number of phenols is 1. The molecule has 1 aliphatic rings. The van der Waals surface area contributed by atoms with Gasteiger partial charge in [0.1, 0.15) is 23.4 Å². The Hall–Kier alpha value is -4.33. The number of benzene rings is 3. The highest BCUT2D eigenvalue weighted by molar-refractivity contribution is 5.99. The molecule has 1 saturated carbocycles. The molecule has 0 spiro atoms. The minimum atomic E-state index is -1.02. The first-order valence-corrected chi connectivity index (χ1v) is 14.8. The van der Waals surface area contributed by atoms with Crippen molar-refractivity contribution in [3.8, 4) is 5.75 Å². The Balaban J connectivity index is 1.78. The van der Waals surface area contributed by atoms with E-state index in [1.165, 1.54) is 0 Å². The third-order valence-corrected chi connectivity index (χ3v) is 7.53. The first-order valence-electron chi connectivity index (χ1n) is 14.8. The summed E-state index contributed by atoms with van der Waals surface area (Å²) in [4.78, 5) is 43.6. The predicted octanol–water partition coefficient (Wildman–Crippen LogP) is 6.37. The highest BCUT2D eigenvalue weighted by Gasteiger charge is 2.48. The summed E-state index contributed by atoms with van der Waals surface area (Å²) >= 11 is 0. The smallest absolute Gasteiger partial charge is 0.408 e. The van der Waals surface area contributed by atoms with Gasteiger partial charge in [-0.2, -0.15) is 0 Å². The number of amides is 3. The third kappa shape index (κ3) is 8.37. The number of aryl methyl sites for hydroxylation is 3. The molecule has 0 saturated heterocycles. The molecule has 4 atom stereocenters. The molecule has 0 radical (unpaired) electrons. The number of anilines is 1. The Morgan fingerprint density at radius 1 is 0.977 bits per heavy atom. The summed E-state index contributed by atoms with van der Waals surface area (Å²) < 4.78 is 5.53. The molecule has 43 heavy (non-hydrogen) atoms. The van der Waals surface area contributed by atoms with Gasteiger partial charge in [-0.25, -0.2) is 4.79 Å². The van der Waals surface area contributed by atoms with E-state index in [1.54, 1.807) is 49.9 Å². The monoisotopic (exact) mass is 585 g/mol. The Morgan fingerprint density at radius 3 is 2.14 bits per heavy atom. The molecule has 4 unspecified atom stereocenters. The lowest BCUT2D eigenvalue weighted by Crippen LogP contribution is -2.54. The lowest BCUT2D eigenvalue weighted by Gasteiger charge is -2.35. The third-order valence-electron chi connectivity index (χ3n) is 7.53. The van der Waals surface area contributed by atoms with E-state index in [4.69, 9.17) is 4.74 Å². The van der Waals surface area contributed by atoms with E-state index in [2.05, 4.69) is 17.6 Å². The highest BCUT2D eigenvalue weighted by Crippen LogP contribution is 2.41. The summed E-state index contributed by atoms with van der Waals surface area (Å²) in [6, 6.07) is 17.8. The van der Waals surface area contributed by atoms with Gasteiger partial charge >= 0.3 is 6.09 Å². The molecule has 0 heterocycles. The Kier molecular flexibility index (Phi) is 9.48. The maximum atomic E-state index is 14.7. The van der Waals surface area contributed by atoms with Gasteiger partial charge in [0.2, 0.25) is 5.91 Å². The number of alkyl carbamates (subject to hydrolysis) is 1. The van der Waals surface area contributed by atoms with Gasteiger partial charge < -0.3 is 25.4 Å². The minimum absolute atomic E-state index is 0.0999. The van der Waals surface area contributed by atoms with Crippen LogP contribution in [-0.4, -0.2) is 45.6 Å². The summed E-state index contributed by atoms with van der Waals surface area (Å²) in [6.07, 6.45) is 0.165. The molecule has 0 aliphatic heterocycles. The largest absolute Gasteiger partial charge is 0.508 e. The minimum Gasteiger partial charge on any atom is -0.508 e. The fourth-order valence-electron chi connectivity index (χ4n) is 5.39. The van der Waals surface area contributed by atoms with Crippen molar-refractivity contribution in [2.24, 2.45) is 5.92 Å². The molecule has 0 aromatic heterocycles. The summed E-state index contributed by atoms with van der Waals surface area (Å²) in [6.45, 7) is 13.2. The predicted molar refractivity (Wildman–Crippen MR) is 168 cm³/mol. The van der Waals surface area contributed by atoms with Gasteiger partial charge in [-0.05, 0) is 88.8 Å². The molecule has 3 amide bonds. The van der Waals surface area contributed by atoms with Crippen molar-refractivity contribution in [3.05, 3.63) is 94.5 Å². The number of nitrogens with one attached hydrogen (secondary N) is 2. The summed E-state index contributed by atoms with van der Waals surface area (Å²) in [5.41, 5.74) is 4.21. The molecule has 3 aromatic carbocycles. The molecule has 3 aromatic rings. The van der Waals surface area contributed by atoms with Crippen LogP contribution in [0.4, 0.5) is 10.5 Å². The van der Waals surface area contributed by atoms with Crippen LogP contribution in [0.3, 0.4) is 0 Å². The first-order chi connectivity index (χ1) is 20.2. The molecule has 3 N–H and O–H groups in total. The van der Waals surface area contributed by atoms with Crippen LogP contribution >= 0.6 is 0 Å². The van der Waals surface area contributed by atoms with Crippen molar-refractivity contribution in [3.63, 3.8) is 0 Å². The molecular weight excluding hydrogens is 542 g/mol. The molecule has 1 aliphatic carbocycles. The number of hydrogen-bond donors (Lipinski definition) is 3. The van der Waals surface area contributed by atoms with Crippen LogP contribution in [0.5, 0.6) is 5.75 Å². The zero-order chi connectivity index (χ0) is 31.5. The molecule has 4 rings (SSSR count). The SMILES string of the molecule is Cc1cc(C)cc(C(C(=O)Nc2ccccc2C)N(C(=O)C(Cc2ccc(O)cc2)NC(=O)OC(C)(C)C)C2CC2C)c1. The lowest BCUT2D eigenvalue weighted by molar-refractivity contribution is -0.141. The van der Waals surface area contributed by atoms with Crippen LogP contribution in [0.25, 0.3) is 0 Å².